The van der Waals surface area contributed by atoms with Gasteiger partial charge in [-0.3, -0.25) is 0 Å². The minimum absolute atomic E-state index is 0.720. The molecule has 0 N–H and O–H groups in total. The first kappa shape index (κ1) is 14.1. The Kier molecular flexibility index (Phi) is 4.47. The van der Waals surface area contributed by atoms with Crippen LogP contribution in [0.15, 0.2) is 12.7 Å². The molecule has 0 aromatic heterocycles. The van der Waals surface area contributed by atoms with Crippen LogP contribution in [0, 0.1) is 0 Å². The van der Waals surface area contributed by atoms with Crippen molar-refractivity contribution >= 4 is 25.6 Å². The first-order valence-electron chi connectivity index (χ1n) is 3.76. The molecule has 0 amide bonds. The van der Waals surface area contributed by atoms with E-state index in [-0.39, 0.29) is 0 Å². The molecule has 0 spiro atoms. The van der Waals surface area contributed by atoms with E-state index in [4.69, 9.17) is 0 Å². The van der Waals surface area contributed by atoms with Crippen molar-refractivity contribution in [1.82, 2.24) is 0 Å². The van der Waals surface area contributed by atoms with Gasteiger partial charge in [0.15, 0.2) is 24.3 Å². The van der Waals surface area contributed by atoms with E-state index in [1.165, 1.54) is 0 Å². The maximum atomic E-state index is 11.1. The molecule has 0 fully saturated rings. The molecule has 88 valence electrons. The summed E-state index contributed by atoms with van der Waals surface area (Å²) >= 11 is 0. The molecule has 15 heavy (non-hydrogen) atoms. The van der Waals surface area contributed by atoms with Gasteiger partial charge in [0, 0.05) is 18.6 Å². The lowest BCUT2D eigenvalue weighted by atomic mass is 10.6. The predicted octanol–water partition coefficient (Wildman–Crippen LogP) is -0.869. The van der Waals surface area contributed by atoms with Crippen LogP contribution in [0.1, 0.15) is 0 Å². The van der Waals surface area contributed by atoms with Crippen molar-refractivity contribution in [2.24, 2.45) is 0 Å². The highest BCUT2D eigenvalue weighted by Gasteiger charge is 2.32. The zero-order valence-corrected chi connectivity index (χ0v) is 9.97. The molecule has 0 aliphatic carbocycles. The third kappa shape index (κ3) is 4.93. The zero-order chi connectivity index (χ0) is 12.3. The van der Waals surface area contributed by atoms with Gasteiger partial charge in [0.2, 0.25) is 0 Å². The van der Waals surface area contributed by atoms with Crippen LogP contribution in [-0.2, 0) is 29.2 Å². The lowest BCUT2D eigenvalue weighted by Crippen LogP contribution is -2.34. The van der Waals surface area contributed by atoms with Gasteiger partial charge in [0.25, 0.3) is 0 Å². The Bertz CT molecular complexity index is 412. The third-order valence-electron chi connectivity index (χ3n) is 1.48. The van der Waals surface area contributed by atoms with Gasteiger partial charge in [0.1, 0.15) is 6.61 Å². The summed E-state index contributed by atoms with van der Waals surface area (Å²) in [6.45, 7) is 2.37. The molecule has 0 rings (SSSR count). The normalized spacial score (nSPS) is 12.5. The topological polar surface area (TPSA) is 94.6 Å². The van der Waals surface area contributed by atoms with E-state index < -0.39 is 36.8 Å². The van der Waals surface area contributed by atoms with Crippen LogP contribution >= 0.6 is 0 Å². The lowest BCUT2D eigenvalue weighted by Gasteiger charge is -2.12. The van der Waals surface area contributed by atoms with Crippen LogP contribution in [0.2, 0.25) is 0 Å². The number of carbonyl (C=O) groups is 1. The molecule has 0 heterocycles. The molecule has 6 nitrogen and oxygen atoms in total. The summed E-state index contributed by atoms with van der Waals surface area (Å²) in [7, 11) is -7.65. The summed E-state index contributed by atoms with van der Waals surface area (Å²) in [5, 5.41) is 0. The van der Waals surface area contributed by atoms with Crippen LogP contribution in [0.5, 0.6) is 0 Å². The van der Waals surface area contributed by atoms with Crippen molar-refractivity contribution < 1.29 is 26.4 Å². The first-order valence-corrected chi connectivity index (χ1v) is 7.67. The third-order valence-corrected chi connectivity index (χ3v) is 5.76. The maximum absolute atomic E-state index is 11.1. The number of hydrogen-bond donors (Lipinski definition) is 0. The average molecular weight is 256 g/mol. The number of hydrogen-bond acceptors (Lipinski definition) is 6. The van der Waals surface area contributed by atoms with Crippen molar-refractivity contribution in [1.29, 1.82) is 0 Å². The minimum atomic E-state index is -3.83. The summed E-state index contributed by atoms with van der Waals surface area (Å²) in [6.07, 6.45) is 2.35. The summed E-state index contributed by atoms with van der Waals surface area (Å²) in [5.74, 6) is -0.868. The Morgan fingerprint density at radius 2 is 1.67 bits per heavy atom. The van der Waals surface area contributed by atoms with Gasteiger partial charge in [-0.15, -0.1) is 0 Å². The summed E-state index contributed by atoms with van der Waals surface area (Å²) < 4.78 is 47.0. The highest BCUT2D eigenvalue weighted by Crippen LogP contribution is 2.08. The maximum Gasteiger partial charge on any atom is 0.330 e. The van der Waals surface area contributed by atoms with Crippen molar-refractivity contribution in [2.75, 3.05) is 19.1 Å². The Morgan fingerprint density at radius 3 is 1.93 bits per heavy atom. The van der Waals surface area contributed by atoms with Crippen LogP contribution in [0.4, 0.5) is 0 Å². The van der Waals surface area contributed by atoms with Crippen molar-refractivity contribution in [3.8, 4) is 0 Å². The minimum Gasteiger partial charge on any atom is -0.460 e. The van der Waals surface area contributed by atoms with Crippen LogP contribution in [-0.4, -0.2) is 46.5 Å². The quantitative estimate of drug-likeness (QED) is 0.469. The van der Waals surface area contributed by atoms with Gasteiger partial charge in [-0.25, -0.2) is 21.6 Å². The van der Waals surface area contributed by atoms with Crippen molar-refractivity contribution in [2.45, 2.75) is 4.58 Å². The number of esters is 1. The predicted molar refractivity (Wildman–Crippen MR) is 54.6 cm³/mol. The Balaban J connectivity index is 4.87. The van der Waals surface area contributed by atoms with Gasteiger partial charge < -0.3 is 4.74 Å². The lowest BCUT2D eigenvalue weighted by molar-refractivity contribution is -0.137. The molecule has 0 radical (unpaired) electrons. The Hall–Kier alpha value is -0.890. The number of ether oxygens (including phenoxy) is 1. The second-order valence-electron chi connectivity index (χ2n) is 2.92. The highest BCUT2D eigenvalue weighted by molar-refractivity contribution is 8.08. The van der Waals surface area contributed by atoms with Gasteiger partial charge in [-0.1, -0.05) is 6.58 Å². The molecule has 0 unspecified atom stereocenters. The molecule has 0 aliphatic rings. The number of rotatable bonds is 5. The fourth-order valence-electron chi connectivity index (χ4n) is 0.774. The van der Waals surface area contributed by atoms with Crippen LogP contribution < -0.4 is 0 Å². The van der Waals surface area contributed by atoms with Crippen molar-refractivity contribution in [3.63, 3.8) is 0 Å². The number of sulfone groups is 2. The fraction of sp³-hybridized carbons (Fsp3) is 0.571. The van der Waals surface area contributed by atoms with Crippen LogP contribution in [0.25, 0.3) is 0 Å². The average Bonchev–Trinajstić information content (AvgIpc) is 1.99. The molecule has 0 aliphatic heterocycles. The molecule has 0 aromatic rings. The molecular weight excluding hydrogens is 244 g/mol. The van der Waals surface area contributed by atoms with Gasteiger partial charge in [-0.05, 0) is 0 Å². The molecule has 0 atom stereocenters. The van der Waals surface area contributed by atoms with E-state index in [0.717, 1.165) is 18.6 Å². The second-order valence-corrected chi connectivity index (χ2v) is 7.68. The molecular formula is C7H12O6S2. The summed E-state index contributed by atoms with van der Waals surface area (Å²) in [5.41, 5.74) is 0. The Morgan fingerprint density at radius 1 is 1.27 bits per heavy atom. The Labute approximate surface area is 88.8 Å². The first-order chi connectivity index (χ1) is 6.59. The van der Waals surface area contributed by atoms with Gasteiger partial charge in [-0.2, -0.15) is 0 Å². The second kappa shape index (κ2) is 4.75. The van der Waals surface area contributed by atoms with Crippen molar-refractivity contribution in [3.05, 3.63) is 12.7 Å². The van der Waals surface area contributed by atoms with E-state index >= 15 is 0 Å². The molecule has 0 saturated heterocycles. The number of carbonyl (C=O) groups excluding carboxylic acids is 1. The summed E-state index contributed by atoms with van der Waals surface area (Å²) in [4.78, 5) is 10.6. The van der Waals surface area contributed by atoms with E-state index in [9.17, 15) is 21.6 Å². The van der Waals surface area contributed by atoms with Crippen LogP contribution in [0.3, 0.4) is 0 Å². The highest BCUT2D eigenvalue weighted by atomic mass is 32.3. The van der Waals surface area contributed by atoms with E-state index in [0.29, 0.717) is 0 Å². The van der Waals surface area contributed by atoms with E-state index in [2.05, 4.69) is 11.3 Å². The standard InChI is InChI=1S/C7H12O6S2/c1-4-6(8)13-5-7(14(2,9)10)15(3,11)12/h4,7H,1,5H2,2-3H3. The monoisotopic (exact) mass is 256 g/mol. The smallest absolute Gasteiger partial charge is 0.330 e. The molecule has 8 heteroatoms. The van der Waals surface area contributed by atoms with Gasteiger partial charge >= 0.3 is 5.97 Å². The molecule has 0 aromatic carbocycles. The fourth-order valence-corrected chi connectivity index (χ4v) is 3.94. The van der Waals surface area contributed by atoms with E-state index in [1.807, 2.05) is 0 Å². The SMILES string of the molecule is C=CC(=O)OCC(S(C)(=O)=O)S(C)(=O)=O. The molecule has 0 bridgehead atoms. The van der Waals surface area contributed by atoms with Gasteiger partial charge in [0.05, 0.1) is 0 Å². The summed E-state index contributed by atoms with van der Waals surface area (Å²) in [6, 6.07) is 0. The largest absolute Gasteiger partial charge is 0.460 e. The molecule has 0 saturated carbocycles. The van der Waals surface area contributed by atoms with E-state index in [1.54, 1.807) is 0 Å². The zero-order valence-electron chi connectivity index (χ0n) is 8.33.